The molecule has 0 aromatic heterocycles. The summed E-state index contributed by atoms with van der Waals surface area (Å²) in [5, 5.41) is 8.68. The van der Waals surface area contributed by atoms with E-state index in [2.05, 4.69) is 0 Å². The number of cyclic esters (lactones) is 1. The van der Waals surface area contributed by atoms with Crippen LogP contribution in [0.15, 0.2) is 45.9 Å². The van der Waals surface area contributed by atoms with Crippen molar-refractivity contribution < 1.29 is 27.8 Å². The molecule has 1 aliphatic heterocycles. The van der Waals surface area contributed by atoms with Crippen molar-refractivity contribution in [2.75, 3.05) is 19.8 Å². The first-order chi connectivity index (χ1) is 9.57. The maximum atomic E-state index is 12.4. The fourth-order valence-corrected chi connectivity index (χ4v) is 3.17. The van der Waals surface area contributed by atoms with Gasteiger partial charge in [0.15, 0.2) is 17.3 Å². The summed E-state index contributed by atoms with van der Waals surface area (Å²) in [7, 11) is -3.96. The Morgan fingerprint density at radius 3 is 2.60 bits per heavy atom. The molecule has 0 spiro atoms. The van der Waals surface area contributed by atoms with Gasteiger partial charge in [0.05, 0.1) is 11.5 Å². The van der Waals surface area contributed by atoms with Crippen LogP contribution in [0.25, 0.3) is 0 Å². The molecule has 1 N–H and O–H groups in total. The summed E-state index contributed by atoms with van der Waals surface area (Å²) in [5.74, 6) is -0.917. The van der Waals surface area contributed by atoms with Crippen molar-refractivity contribution in [1.29, 1.82) is 0 Å². The van der Waals surface area contributed by atoms with Gasteiger partial charge < -0.3 is 14.6 Å². The minimum Gasteiger partial charge on any atom is -0.493 e. The van der Waals surface area contributed by atoms with Crippen molar-refractivity contribution in [2.45, 2.75) is 11.3 Å². The third-order valence-corrected chi connectivity index (χ3v) is 4.50. The number of sulfone groups is 1. The highest BCUT2D eigenvalue weighted by Gasteiger charge is 2.38. The quantitative estimate of drug-likeness (QED) is 0.612. The van der Waals surface area contributed by atoms with E-state index >= 15 is 0 Å². The molecule has 7 heteroatoms. The normalized spacial score (nSPS) is 15.3. The Bertz CT molecular complexity index is 618. The van der Waals surface area contributed by atoms with Crippen LogP contribution in [0.4, 0.5) is 0 Å². The fraction of sp³-hybridized carbons (Fsp3) is 0.308. The lowest BCUT2D eigenvalue weighted by Crippen LogP contribution is -2.13. The van der Waals surface area contributed by atoms with Crippen LogP contribution in [0, 0.1) is 0 Å². The van der Waals surface area contributed by atoms with E-state index in [0.717, 1.165) is 0 Å². The van der Waals surface area contributed by atoms with Crippen molar-refractivity contribution in [3.63, 3.8) is 0 Å². The maximum Gasteiger partial charge on any atom is 0.354 e. The molecule has 1 aliphatic rings. The van der Waals surface area contributed by atoms with Crippen molar-refractivity contribution in [1.82, 2.24) is 0 Å². The minimum absolute atomic E-state index is 0.00713. The van der Waals surface area contributed by atoms with Crippen molar-refractivity contribution in [3.8, 4) is 0 Å². The zero-order valence-electron chi connectivity index (χ0n) is 10.6. The van der Waals surface area contributed by atoms with Crippen LogP contribution in [0.3, 0.4) is 0 Å². The van der Waals surface area contributed by atoms with Gasteiger partial charge in [0.1, 0.15) is 0 Å². The van der Waals surface area contributed by atoms with Gasteiger partial charge in [0.25, 0.3) is 0 Å². The molecule has 0 fully saturated rings. The molecule has 1 aromatic carbocycles. The molecule has 1 heterocycles. The van der Waals surface area contributed by atoms with E-state index < -0.39 is 20.7 Å². The van der Waals surface area contributed by atoms with Gasteiger partial charge in [-0.1, -0.05) is 18.2 Å². The zero-order valence-corrected chi connectivity index (χ0v) is 11.4. The number of aliphatic hydroxyl groups is 1. The standard InChI is InChI=1S/C13H14O6S/c14-7-4-8-18-11-9-19-13(15)12(11)20(16,17)10-5-2-1-3-6-10/h1-3,5-6,14H,4,7-9H2. The van der Waals surface area contributed by atoms with E-state index in [4.69, 9.17) is 14.6 Å². The van der Waals surface area contributed by atoms with E-state index in [-0.39, 0.29) is 30.5 Å². The van der Waals surface area contributed by atoms with E-state index in [9.17, 15) is 13.2 Å². The third-order valence-electron chi connectivity index (χ3n) is 2.67. The number of hydrogen-bond donors (Lipinski definition) is 1. The van der Waals surface area contributed by atoms with Crippen LogP contribution in [0.1, 0.15) is 6.42 Å². The lowest BCUT2D eigenvalue weighted by Gasteiger charge is -2.07. The van der Waals surface area contributed by atoms with Crippen LogP contribution in [-0.4, -0.2) is 39.3 Å². The summed E-state index contributed by atoms with van der Waals surface area (Å²) >= 11 is 0. The third kappa shape index (κ3) is 2.83. The second-order valence-corrected chi connectivity index (χ2v) is 5.96. The second-order valence-electron chi connectivity index (χ2n) is 4.07. The predicted molar refractivity (Wildman–Crippen MR) is 69.3 cm³/mol. The molecule has 0 saturated heterocycles. The van der Waals surface area contributed by atoms with Gasteiger partial charge in [0, 0.05) is 13.0 Å². The number of carbonyl (C=O) groups excluding carboxylic acids is 1. The largest absolute Gasteiger partial charge is 0.493 e. The minimum atomic E-state index is -3.96. The maximum absolute atomic E-state index is 12.4. The number of hydrogen-bond acceptors (Lipinski definition) is 6. The summed E-state index contributed by atoms with van der Waals surface area (Å²) in [6, 6.07) is 7.62. The Kier molecular flexibility index (Phi) is 4.41. The molecule has 0 aliphatic carbocycles. The number of esters is 1. The van der Waals surface area contributed by atoms with Crippen molar-refractivity contribution >= 4 is 15.8 Å². The molecule has 0 unspecified atom stereocenters. The summed E-state index contributed by atoms with van der Waals surface area (Å²) in [4.78, 5) is 11.2. The van der Waals surface area contributed by atoms with Gasteiger partial charge in [-0.2, -0.15) is 0 Å². The number of aliphatic hydroxyl groups excluding tert-OH is 1. The number of ether oxygens (including phenoxy) is 2. The lowest BCUT2D eigenvalue weighted by molar-refractivity contribution is -0.135. The molecule has 2 rings (SSSR count). The van der Waals surface area contributed by atoms with Crippen molar-refractivity contribution in [2.24, 2.45) is 0 Å². The fourth-order valence-electron chi connectivity index (χ4n) is 1.72. The number of carbonyl (C=O) groups is 1. The van der Waals surface area contributed by atoms with Gasteiger partial charge >= 0.3 is 5.97 Å². The van der Waals surface area contributed by atoms with Crippen LogP contribution in [0.5, 0.6) is 0 Å². The van der Waals surface area contributed by atoms with Crippen LogP contribution >= 0.6 is 0 Å². The van der Waals surface area contributed by atoms with Crippen LogP contribution in [-0.2, 0) is 24.1 Å². The van der Waals surface area contributed by atoms with Gasteiger partial charge in [-0.05, 0) is 12.1 Å². The molecule has 108 valence electrons. The highest BCUT2D eigenvalue weighted by atomic mass is 32.2. The van der Waals surface area contributed by atoms with Gasteiger partial charge in [0.2, 0.25) is 9.84 Å². The molecule has 0 amide bonds. The van der Waals surface area contributed by atoms with Gasteiger partial charge in [-0.25, -0.2) is 13.2 Å². The Balaban J connectivity index is 2.36. The monoisotopic (exact) mass is 298 g/mol. The van der Waals surface area contributed by atoms with E-state index in [1.807, 2.05) is 0 Å². The summed E-state index contributed by atoms with van der Waals surface area (Å²) in [6.07, 6.45) is 0.344. The molecule has 0 saturated carbocycles. The Morgan fingerprint density at radius 1 is 1.25 bits per heavy atom. The summed E-state index contributed by atoms with van der Waals surface area (Å²) in [5.41, 5.74) is 0. The predicted octanol–water partition coefficient (Wildman–Crippen LogP) is 0.628. The second kappa shape index (κ2) is 6.06. The first-order valence-corrected chi connectivity index (χ1v) is 7.49. The topological polar surface area (TPSA) is 89.9 Å². The van der Waals surface area contributed by atoms with E-state index in [1.54, 1.807) is 18.2 Å². The molecular weight excluding hydrogens is 284 g/mol. The Hall–Kier alpha value is -1.86. The molecule has 0 atom stereocenters. The molecule has 1 aromatic rings. The van der Waals surface area contributed by atoms with Crippen LogP contribution in [0.2, 0.25) is 0 Å². The van der Waals surface area contributed by atoms with E-state index in [0.29, 0.717) is 6.42 Å². The molecule has 0 radical (unpaired) electrons. The molecule has 6 nitrogen and oxygen atoms in total. The average Bonchev–Trinajstić information content (AvgIpc) is 2.82. The molecule has 20 heavy (non-hydrogen) atoms. The number of benzene rings is 1. The molecular formula is C13H14O6S. The van der Waals surface area contributed by atoms with Crippen molar-refractivity contribution in [3.05, 3.63) is 41.0 Å². The van der Waals surface area contributed by atoms with Gasteiger partial charge in [-0.15, -0.1) is 0 Å². The van der Waals surface area contributed by atoms with Crippen LogP contribution < -0.4 is 0 Å². The van der Waals surface area contributed by atoms with Gasteiger partial charge in [-0.3, -0.25) is 0 Å². The Labute approximate surface area is 116 Å². The number of rotatable bonds is 6. The first-order valence-electron chi connectivity index (χ1n) is 6.01. The average molecular weight is 298 g/mol. The summed E-state index contributed by atoms with van der Waals surface area (Å²) < 4.78 is 34.8. The SMILES string of the molecule is O=C1OCC(OCCCO)=C1S(=O)(=O)c1ccccc1. The Morgan fingerprint density at radius 2 is 1.95 bits per heavy atom. The zero-order chi connectivity index (χ0) is 14.6. The smallest absolute Gasteiger partial charge is 0.354 e. The lowest BCUT2D eigenvalue weighted by atomic mass is 10.4. The van der Waals surface area contributed by atoms with E-state index in [1.165, 1.54) is 12.1 Å². The summed E-state index contributed by atoms with van der Waals surface area (Å²) in [6.45, 7) is -0.162. The highest BCUT2D eigenvalue weighted by Crippen LogP contribution is 2.28. The molecule has 0 bridgehead atoms. The highest BCUT2D eigenvalue weighted by molar-refractivity contribution is 7.96. The first kappa shape index (κ1) is 14.5.